The third-order valence-electron chi connectivity index (χ3n) is 3.44. The first-order valence-electron chi connectivity index (χ1n) is 6.74. The minimum atomic E-state index is -6.20. The summed E-state index contributed by atoms with van der Waals surface area (Å²) < 4.78 is 105. The first kappa shape index (κ1) is 19.4. The lowest BCUT2D eigenvalue weighted by Crippen LogP contribution is -2.59. The van der Waals surface area contributed by atoms with E-state index in [2.05, 4.69) is 4.74 Å². The standard InChI is InChI=1S/C12H17F8NO/c13-9(14)11(17,18)12(19,20)10(15,16)8-22-7-6-21-4-2-1-3-5-21/h9H,1-8H2. The molecular weight excluding hydrogens is 326 g/mol. The highest BCUT2D eigenvalue weighted by Crippen LogP contribution is 2.48. The quantitative estimate of drug-likeness (QED) is 0.493. The van der Waals surface area contributed by atoms with Gasteiger partial charge in [-0.3, -0.25) is 0 Å². The summed E-state index contributed by atoms with van der Waals surface area (Å²) in [5.41, 5.74) is 0. The van der Waals surface area contributed by atoms with E-state index in [1.165, 1.54) is 0 Å². The lowest BCUT2D eigenvalue weighted by Gasteiger charge is -2.32. The molecule has 0 bridgehead atoms. The molecule has 132 valence electrons. The number of ether oxygens (including phenoxy) is 1. The molecule has 0 spiro atoms. The van der Waals surface area contributed by atoms with Gasteiger partial charge in [-0.15, -0.1) is 0 Å². The summed E-state index contributed by atoms with van der Waals surface area (Å²) in [4.78, 5) is 1.85. The summed E-state index contributed by atoms with van der Waals surface area (Å²) in [6.45, 7) is -0.812. The van der Waals surface area contributed by atoms with Crippen molar-refractivity contribution in [3.63, 3.8) is 0 Å². The average molecular weight is 343 g/mol. The van der Waals surface area contributed by atoms with Gasteiger partial charge in [0.15, 0.2) is 0 Å². The molecule has 0 saturated carbocycles. The summed E-state index contributed by atoms with van der Waals surface area (Å²) >= 11 is 0. The van der Waals surface area contributed by atoms with Crippen molar-refractivity contribution in [1.29, 1.82) is 0 Å². The Morgan fingerprint density at radius 2 is 1.45 bits per heavy atom. The molecule has 1 saturated heterocycles. The van der Waals surface area contributed by atoms with Crippen LogP contribution in [0.15, 0.2) is 0 Å². The second-order valence-corrected chi connectivity index (χ2v) is 5.16. The van der Waals surface area contributed by atoms with Crippen molar-refractivity contribution in [3.05, 3.63) is 0 Å². The summed E-state index contributed by atoms with van der Waals surface area (Å²) in [5, 5.41) is 0. The van der Waals surface area contributed by atoms with Crippen LogP contribution in [0.3, 0.4) is 0 Å². The van der Waals surface area contributed by atoms with Crippen LogP contribution in [0.25, 0.3) is 0 Å². The van der Waals surface area contributed by atoms with Crippen molar-refractivity contribution in [2.45, 2.75) is 43.5 Å². The molecule has 1 fully saturated rings. The highest BCUT2D eigenvalue weighted by molar-refractivity contribution is 4.97. The Kier molecular flexibility index (Phi) is 6.43. The number of halogens is 8. The number of hydrogen-bond donors (Lipinski definition) is 0. The number of hydrogen-bond acceptors (Lipinski definition) is 2. The number of nitrogens with zero attached hydrogens (tertiary/aromatic N) is 1. The zero-order chi connectivity index (χ0) is 17.0. The van der Waals surface area contributed by atoms with Gasteiger partial charge in [-0.1, -0.05) is 6.42 Å². The van der Waals surface area contributed by atoms with Crippen molar-refractivity contribution in [2.75, 3.05) is 32.8 Å². The molecule has 2 nitrogen and oxygen atoms in total. The van der Waals surface area contributed by atoms with Gasteiger partial charge in [-0.25, -0.2) is 8.78 Å². The summed E-state index contributed by atoms with van der Waals surface area (Å²) in [6.07, 6.45) is -2.05. The third-order valence-corrected chi connectivity index (χ3v) is 3.44. The fraction of sp³-hybridized carbons (Fsp3) is 1.00. The first-order valence-corrected chi connectivity index (χ1v) is 6.74. The zero-order valence-electron chi connectivity index (χ0n) is 11.6. The van der Waals surface area contributed by atoms with Gasteiger partial charge in [0.05, 0.1) is 6.61 Å². The highest BCUT2D eigenvalue weighted by Gasteiger charge is 2.75. The molecule has 0 unspecified atom stereocenters. The van der Waals surface area contributed by atoms with Crippen LogP contribution in [0, 0.1) is 0 Å². The Bertz CT molecular complexity index is 344. The van der Waals surface area contributed by atoms with Crippen LogP contribution >= 0.6 is 0 Å². The largest absolute Gasteiger partial charge is 0.380 e. The molecule has 22 heavy (non-hydrogen) atoms. The predicted molar refractivity (Wildman–Crippen MR) is 62.0 cm³/mol. The molecule has 0 aromatic rings. The van der Waals surface area contributed by atoms with Gasteiger partial charge in [0.1, 0.15) is 6.61 Å². The Hall–Kier alpha value is -0.640. The van der Waals surface area contributed by atoms with Gasteiger partial charge in [-0.2, -0.15) is 26.3 Å². The van der Waals surface area contributed by atoms with Crippen molar-refractivity contribution in [2.24, 2.45) is 0 Å². The van der Waals surface area contributed by atoms with Crippen LogP contribution in [0.2, 0.25) is 0 Å². The van der Waals surface area contributed by atoms with E-state index in [9.17, 15) is 35.1 Å². The number of rotatable bonds is 8. The van der Waals surface area contributed by atoms with E-state index in [0.717, 1.165) is 19.3 Å². The molecule has 1 aliphatic rings. The van der Waals surface area contributed by atoms with Crippen molar-refractivity contribution < 1.29 is 39.9 Å². The fourth-order valence-corrected chi connectivity index (χ4v) is 2.05. The van der Waals surface area contributed by atoms with E-state index < -0.39 is 30.8 Å². The van der Waals surface area contributed by atoms with Crippen LogP contribution in [0.1, 0.15) is 19.3 Å². The Balaban J connectivity index is 2.48. The van der Waals surface area contributed by atoms with Gasteiger partial charge in [0.25, 0.3) is 0 Å². The fourth-order valence-electron chi connectivity index (χ4n) is 2.05. The zero-order valence-corrected chi connectivity index (χ0v) is 11.6. The van der Waals surface area contributed by atoms with E-state index in [1.807, 2.05) is 4.90 Å². The molecule has 1 rings (SSSR count). The van der Waals surface area contributed by atoms with E-state index in [1.54, 1.807) is 0 Å². The van der Waals surface area contributed by atoms with Crippen LogP contribution in [-0.2, 0) is 4.74 Å². The second-order valence-electron chi connectivity index (χ2n) is 5.16. The van der Waals surface area contributed by atoms with E-state index in [0.29, 0.717) is 13.1 Å². The molecule has 1 aliphatic heterocycles. The Morgan fingerprint density at radius 3 is 1.95 bits per heavy atom. The molecule has 0 aliphatic carbocycles. The van der Waals surface area contributed by atoms with Crippen molar-refractivity contribution >= 4 is 0 Å². The van der Waals surface area contributed by atoms with Crippen LogP contribution in [-0.4, -0.2) is 61.9 Å². The van der Waals surface area contributed by atoms with E-state index in [4.69, 9.17) is 0 Å². The molecule has 0 N–H and O–H groups in total. The Labute approximate surface area is 122 Å². The maximum Gasteiger partial charge on any atom is 0.380 e. The number of alkyl halides is 8. The summed E-state index contributed by atoms with van der Waals surface area (Å²) in [6, 6.07) is 0. The Morgan fingerprint density at radius 1 is 0.909 bits per heavy atom. The molecule has 1 heterocycles. The average Bonchev–Trinajstić information content (AvgIpc) is 2.44. The van der Waals surface area contributed by atoms with Gasteiger partial charge in [-0.05, 0) is 25.9 Å². The predicted octanol–water partition coefficient (Wildman–Crippen LogP) is 3.66. The summed E-state index contributed by atoms with van der Waals surface area (Å²) in [7, 11) is 0. The summed E-state index contributed by atoms with van der Waals surface area (Å²) in [5.74, 6) is -17.7. The second kappa shape index (κ2) is 7.29. The molecular formula is C12H17F8NO. The normalized spacial score (nSPS) is 19.0. The van der Waals surface area contributed by atoms with E-state index in [-0.39, 0.29) is 13.2 Å². The van der Waals surface area contributed by atoms with Crippen molar-refractivity contribution in [1.82, 2.24) is 4.90 Å². The lowest BCUT2D eigenvalue weighted by atomic mass is 10.1. The SMILES string of the molecule is FC(F)C(F)(F)C(F)(F)C(F)(F)COCCN1CCCCC1. The molecule has 0 radical (unpaired) electrons. The maximum absolute atomic E-state index is 13.1. The van der Waals surface area contributed by atoms with Crippen molar-refractivity contribution in [3.8, 4) is 0 Å². The smallest absolute Gasteiger partial charge is 0.374 e. The first-order chi connectivity index (χ1) is 10.0. The monoisotopic (exact) mass is 343 g/mol. The molecule has 0 atom stereocenters. The highest BCUT2D eigenvalue weighted by atomic mass is 19.4. The minimum Gasteiger partial charge on any atom is -0.374 e. The molecule has 0 amide bonds. The third kappa shape index (κ3) is 4.21. The maximum atomic E-state index is 13.1. The van der Waals surface area contributed by atoms with Crippen LogP contribution in [0.4, 0.5) is 35.1 Å². The lowest BCUT2D eigenvalue weighted by molar-refractivity contribution is -0.346. The number of likely N-dealkylation sites (tertiary alicyclic amines) is 1. The van der Waals surface area contributed by atoms with Gasteiger partial charge >= 0.3 is 24.2 Å². The molecule has 0 aromatic carbocycles. The van der Waals surface area contributed by atoms with Gasteiger partial charge in [0, 0.05) is 6.54 Å². The van der Waals surface area contributed by atoms with Crippen LogP contribution < -0.4 is 0 Å². The van der Waals surface area contributed by atoms with Gasteiger partial charge in [0.2, 0.25) is 0 Å². The van der Waals surface area contributed by atoms with Crippen LogP contribution in [0.5, 0.6) is 0 Å². The molecule has 10 heteroatoms. The topological polar surface area (TPSA) is 12.5 Å². The van der Waals surface area contributed by atoms with E-state index >= 15 is 0 Å². The van der Waals surface area contributed by atoms with Gasteiger partial charge < -0.3 is 9.64 Å². The number of piperidine rings is 1. The minimum absolute atomic E-state index is 0.187. The molecule has 0 aromatic heterocycles.